The Morgan fingerprint density at radius 2 is 1.77 bits per heavy atom. The second-order valence-electron chi connectivity index (χ2n) is 4.83. The minimum Gasteiger partial charge on any atom is -0.497 e. The van der Waals surface area contributed by atoms with Crippen LogP contribution in [0, 0.1) is 0 Å². The Morgan fingerprint density at radius 1 is 1.14 bits per heavy atom. The molecule has 2 rings (SSSR count). The van der Waals surface area contributed by atoms with Crippen molar-refractivity contribution in [3.05, 3.63) is 65.7 Å². The Balaban J connectivity index is 1.93. The summed E-state index contributed by atoms with van der Waals surface area (Å²) in [4.78, 5) is 14.0. The number of methoxy groups -OCH3 is 1. The van der Waals surface area contributed by atoms with E-state index in [4.69, 9.17) is 17.0 Å². The third-order valence-corrected chi connectivity index (χ3v) is 3.60. The Labute approximate surface area is 135 Å². The average molecular weight is 314 g/mol. The largest absolute Gasteiger partial charge is 0.497 e. The van der Waals surface area contributed by atoms with Gasteiger partial charge in [0.15, 0.2) is 5.11 Å². The molecule has 0 bridgehead atoms. The van der Waals surface area contributed by atoms with Gasteiger partial charge in [0, 0.05) is 19.2 Å². The fourth-order valence-electron chi connectivity index (χ4n) is 1.94. The molecule has 22 heavy (non-hydrogen) atoms. The van der Waals surface area contributed by atoms with Gasteiger partial charge in [-0.1, -0.05) is 30.3 Å². The van der Waals surface area contributed by atoms with E-state index >= 15 is 0 Å². The highest BCUT2D eigenvalue weighted by Gasteiger charge is 2.11. The number of carbonyl (C=O) groups excluding carboxylic acids is 1. The van der Waals surface area contributed by atoms with Crippen molar-refractivity contribution in [3.63, 3.8) is 0 Å². The average Bonchev–Trinajstić information content (AvgIpc) is 2.55. The molecule has 0 spiro atoms. The summed E-state index contributed by atoms with van der Waals surface area (Å²) < 4.78 is 5.07. The Bertz CT molecular complexity index is 641. The first-order chi connectivity index (χ1) is 10.6. The van der Waals surface area contributed by atoms with Gasteiger partial charge in [0.05, 0.1) is 7.11 Å². The second-order valence-corrected chi connectivity index (χ2v) is 5.22. The van der Waals surface area contributed by atoms with Crippen LogP contribution in [0.4, 0.5) is 0 Å². The Hall–Kier alpha value is -2.40. The van der Waals surface area contributed by atoms with Gasteiger partial charge in [-0.3, -0.25) is 10.1 Å². The molecule has 0 atom stereocenters. The molecule has 2 aromatic rings. The van der Waals surface area contributed by atoms with E-state index in [0.717, 1.165) is 5.56 Å². The summed E-state index contributed by atoms with van der Waals surface area (Å²) >= 11 is 5.27. The first kappa shape index (κ1) is 16.0. The van der Waals surface area contributed by atoms with Gasteiger partial charge in [-0.25, -0.2) is 0 Å². The van der Waals surface area contributed by atoms with E-state index in [1.807, 2.05) is 42.3 Å². The smallest absolute Gasteiger partial charge is 0.257 e. The summed E-state index contributed by atoms with van der Waals surface area (Å²) in [5, 5.41) is 3.12. The number of amides is 1. The second kappa shape index (κ2) is 7.56. The van der Waals surface area contributed by atoms with Crippen molar-refractivity contribution in [2.75, 3.05) is 14.2 Å². The maximum absolute atomic E-state index is 12.1. The summed E-state index contributed by atoms with van der Waals surface area (Å²) in [6.07, 6.45) is 0. The monoisotopic (exact) mass is 314 g/mol. The number of benzene rings is 2. The molecule has 0 aliphatic heterocycles. The lowest BCUT2D eigenvalue weighted by atomic mass is 10.2. The number of hydrogen-bond acceptors (Lipinski definition) is 3. The van der Waals surface area contributed by atoms with Crippen molar-refractivity contribution < 1.29 is 9.53 Å². The van der Waals surface area contributed by atoms with Crippen LogP contribution in [0.1, 0.15) is 15.9 Å². The van der Waals surface area contributed by atoms with Crippen LogP contribution in [-0.2, 0) is 6.54 Å². The number of nitrogens with one attached hydrogen (secondary N) is 1. The Kier molecular flexibility index (Phi) is 5.49. The highest BCUT2D eigenvalue weighted by Crippen LogP contribution is 2.11. The van der Waals surface area contributed by atoms with Crippen LogP contribution < -0.4 is 10.1 Å². The molecule has 1 amide bonds. The van der Waals surface area contributed by atoms with E-state index in [1.54, 1.807) is 31.4 Å². The zero-order chi connectivity index (χ0) is 15.9. The molecule has 0 saturated carbocycles. The van der Waals surface area contributed by atoms with Crippen LogP contribution in [0.2, 0.25) is 0 Å². The molecule has 2 aromatic carbocycles. The number of rotatable bonds is 4. The normalized spacial score (nSPS) is 9.91. The first-order valence-corrected chi connectivity index (χ1v) is 7.25. The van der Waals surface area contributed by atoms with E-state index in [9.17, 15) is 4.79 Å². The van der Waals surface area contributed by atoms with Crippen molar-refractivity contribution in [2.45, 2.75) is 6.54 Å². The molecule has 114 valence electrons. The van der Waals surface area contributed by atoms with E-state index in [-0.39, 0.29) is 5.91 Å². The van der Waals surface area contributed by atoms with Gasteiger partial charge >= 0.3 is 0 Å². The summed E-state index contributed by atoms with van der Waals surface area (Å²) in [7, 11) is 3.44. The topological polar surface area (TPSA) is 41.6 Å². The van der Waals surface area contributed by atoms with Crippen molar-refractivity contribution in [2.24, 2.45) is 0 Å². The summed E-state index contributed by atoms with van der Waals surface area (Å²) in [5.74, 6) is 0.480. The minimum atomic E-state index is -0.229. The van der Waals surface area contributed by atoms with Crippen LogP contribution in [0.25, 0.3) is 0 Å². The van der Waals surface area contributed by atoms with Crippen molar-refractivity contribution >= 4 is 23.2 Å². The zero-order valence-corrected chi connectivity index (χ0v) is 13.4. The highest BCUT2D eigenvalue weighted by atomic mass is 32.1. The lowest BCUT2D eigenvalue weighted by molar-refractivity contribution is 0.0973. The summed E-state index contributed by atoms with van der Waals surface area (Å²) in [6, 6.07) is 16.8. The van der Waals surface area contributed by atoms with Gasteiger partial charge in [-0.15, -0.1) is 0 Å². The van der Waals surface area contributed by atoms with Gasteiger partial charge < -0.3 is 9.64 Å². The van der Waals surface area contributed by atoms with Crippen LogP contribution >= 0.6 is 12.2 Å². The minimum absolute atomic E-state index is 0.229. The van der Waals surface area contributed by atoms with Crippen molar-refractivity contribution in [3.8, 4) is 5.75 Å². The van der Waals surface area contributed by atoms with E-state index in [2.05, 4.69) is 5.32 Å². The summed E-state index contributed by atoms with van der Waals surface area (Å²) in [6.45, 7) is 0.641. The molecule has 0 unspecified atom stereocenters. The summed E-state index contributed by atoms with van der Waals surface area (Å²) in [5.41, 5.74) is 1.67. The molecule has 0 saturated heterocycles. The molecule has 5 heteroatoms. The molecule has 4 nitrogen and oxygen atoms in total. The van der Waals surface area contributed by atoms with E-state index in [1.165, 1.54) is 0 Å². The predicted octanol–water partition coefficient (Wildman–Crippen LogP) is 2.84. The fourth-order valence-corrected chi connectivity index (χ4v) is 2.09. The van der Waals surface area contributed by atoms with Gasteiger partial charge in [-0.2, -0.15) is 0 Å². The van der Waals surface area contributed by atoms with Gasteiger partial charge in [0.2, 0.25) is 0 Å². The lowest BCUT2D eigenvalue weighted by Gasteiger charge is -2.20. The molecule has 0 radical (unpaired) electrons. The zero-order valence-electron chi connectivity index (χ0n) is 12.6. The molecule has 1 N–H and O–H groups in total. The molecule has 0 aliphatic carbocycles. The SMILES string of the molecule is COc1ccc(C(=O)NC(=S)N(C)Cc2ccccc2)cc1. The fraction of sp³-hybridized carbons (Fsp3) is 0.176. The molecule has 0 heterocycles. The number of carbonyl (C=O) groups is 1. The number of thiocarbonyl (C=S) groups is 1. The van der Waals surface area contributed by atoms with Gasteiger partial charge in [0.25, 0.3) is 5.91 Å². The maximum atomic E-state index is 12.1. The number of ether oxygens (including phenoxy) is 1. The van der Waals surface area contributed by atoms with Crippen molar-refractivity contribution in [1.82, 2.24) is 10.2 Å². The van der Waals surface area contributed by atoms with Gasteiger partial charge in [0.1, 0.15) is 5.75 Å². The molecule has 0 aromatic heterocycles. The molecule has 0 aliphatic rings. The maximum Gasteiger partial charge on any atom is 0.257 e. The lowest BCUT2D eigenvalue weighted by Crippen LogP contribution is -2.40. The first-order valence-electron chi connectivity index (χ1n) is 6.84. The quantitative estimate of drug-likeness (QED) is 0.881. The van der Waals surface area contributed by atoms with Crippen LogP contribution in [0.3, 0.4) is 0 Å². The van der Waals surface area contributed by atoms with Crippen molar-refractivity contribution in [1.29, 1.82) is 0 Å². The molecular formula is C17H18N2O2S. The highest BCUT2D eigenvalue weighted by molar-refractivity contribution is 7.80. The number of nitrogens with zero attached hydrogens (tertiary/aromatic N) is 1. The van der Waals surface area contributed by atoms with Crippen LogP contribution in [0.15, 0.2) is 54.6 Å². The van der Waals surface area contributed by atoms with E-state index < -0.39 is 0 Å². The predicted molar refractivity (Wildman–Crippen MR) is 91.0 cm³/mol. The van der Waals surface area contributed by atoms with Crippen LogP contribution in [0.5, 0.6) is 5.75 Å². The Morgan fingerprint density at radius 3 is 2.36 bits per heavy atom. The third kappa shape index (κ3) is 4.30. The molecular weight excluding hydrogens is 296 g/mol. The molecule has 0 fully saturated rings. The van der Waals surface area contributed by atoms with Gasteiger partial charge in [-0.05, 0) is 42.0 Å². The number of hydrogen-bond donors (Lipinski definition) is 1. The van der Waals surface area contributed by atoms with Crippen LogP contribution in [-0.4, -0.2) is 30.1 Å². The third-order valence-electron chi connectivity index (χ3n) is 3.18. The standard InChI is InChI=1S/C17H18N2O2S/c1-19(12-13-6-4-3-5-7-13)17(22)18-16(20)14-8-10-15(21-2)11-9-14/h3-11H,12H2,1-2H3,(H,18,20,22). The van der Waals surface area contributed by atoms with E-state index in [0.29, 0.717) is 23.0 Å².